The SMILES string of the molecule is CC(C)c1nc(Cl)c2c(cnn2C)n1. The summed E-state index contributed by atoms with van der Waals surface area (Å²) < 4.78 is 1.68. The molecule has 0 spiro atoms. The van der Waals surface area contributed by atoms with E-state index in [1.54, 1.807) is 10.9 Å². The lowest BCUT2D eigenvalue weighted by Crippen LogP contribution is -1.99. The summed E-state index contributed by atoms with van der Waals surface area (Å²) >= 11 is 6.04. The third-order valence-electron chi connectivity index (χ3n) is 2.08. The molecule has 2 aromatic heterocycles. The van der Waals surface area contributed by atoms with Crippen molar-refractivity contribution >= 4 is 22.6 Å². The smallest absolute Gasteiger partial charge is 0.158 e. The van der Waals surface area contributed by atoms with E-state index in [1.807, 2.05) is 20.9 Å². The first-order valence-electron chi connectivity index (χ1n) is 4.44. The lowest BCUT2D eigenvalue weighted by atomic mass is 10.2. The number of rotatable bonds is 1. The molecule has 0 aliphatic heterocycles. The second kappa shape index (κ2) is 3.20. The van der Waals surface area contributed by atoms with Gasteiger partial charge in [-0.15, -0.1) is 0 Å². The number of halogens is 1. The Labute approximate surface area is 86.9 Å². The summed E-state index contributed by atoms with van der Waals surface area (Å²) in [5.74, 6) is 1.03. The molecule has 0 aromatic carbocycles. The van der Waals surface area contributed by atoms with E-state index in [0.29, 0.717) is 5.15 Å². The van der Waals surface area contributed by atoms with Crippen LogP contribution in [0.2, 0.25) is 5.15 Å². The van der Waals surface area contributed by atoms with Gasteiger partial charge in [-0.1, -0.05) is 25.4 Å². The third-order valence-corrected chi connectivity index (χ3v) is 2.34. The van der Waals surface area contributed by atoms with Gasteiger partial charge in [-0.05, 0) is 0 Å². The standard InChI is InChI=1S/C9H11ClN4/c1-5(2)9-12-6-4-11-14(3)7(6)8(10)13-9/h4-5H,1-3H3. The van der Waals surface area contributed by atoms with E-state index in [4.69, 9.17) is 11.6 Å². The molecule has 0 unspecified atom stereocenters. The number of hydrogen-bond acceptors (Lipinski definition) is 3. The van der Waals surface area contributed by atoms with Crippen molar-refractivity contribution in [2.45, 2.75) is 19.8 Å². The number of aromatic nitrogens is 4. The predicted octanol–water partition coefficient (Wildman–Crippen LogP) is 2.14. The van der Waals surface area contributed by atoms with E-state index in [9.17, 15) is 0 Å². The Kier molecular flexibility index (Phi) is 2.15. The van der Waals surface area contributed by atoms with E-state index >= 15 is 0 Å². The molecule has 0 N–H and O–H groups in total. The molecule has 2 rings (SSSR count). The molecule has 14 heavy (non-hydrogen) atoms. The van der Waals surface area contributed by atoms with Crippen molar-refractivity contribution < 1.29 is 0 Å². The second-order valence-corrected chi connectivity index (χ2v) is 3.89. The van der Waals surface area contributed by atoms with E-state index in [1.165, 1.54) is 0 Å². The predicted molar refractivity (Wildman–Crippen MR) is 55.4 cm³/mol. The van der Waals surface area contributed by atoms with Gasteiger partial charge >= 0.3 is 0 Å². The van der Waals surface area contributed by atoms with Crippen LogP contribution in [-0.4, -0.2) is 19.7 Å². The number of hydrogen-bond donors (Lipinski definition) is 0. The van der Waals surface area contributed by atoms with Gasteiger partial charge in [0, 0.05) is 13.0 Å². The molecular formula is C9H11ClN4. The topological polar surface area (TPSA) is 43.6 Å². The van der Waals surface area contributed by atoms with Crippen LogP contribution in [0.15, 0.2) is 6.20 Å². The molecule has 2 heterocycles. The maximum absolute atomic E-state index is 6.04. The number of fused-ring (bicyclic) bond motifs is 1. The Balaban J connectivity index is 2.74. The molecule has 0 radical (unpaired) electrons. The molecule has 0 amide bonds. The van der Waals surface area contributed by atoms with Crippen molar-refractivity contribution in [3.8, 4) is 0 Å². The lowest BCUT2D eigenvalue weighted by molar-refractivity contribution is 0.774. The van der Waals surface area contributed by atoms with Gasteiger partial charge in [0.25, 0.3) is 0 Å². The molecule has 74 valence electrons. The number of aryl methyl sites for hydroxylation is 1. The van der Waals surface area contributed by atoms with Gasteiger partial charge < -0.3 is 0 Å². The van der Waals surface area contributed by atoms with Gasteiger partial charge in [-0.25, -0.2) is 9.97 Å². The Hall–Kier alpha value is -1.16. The summed E-state index contributed by atoms with van der Waals surface area (Å²) in [5.41, 5.74) is 1.59. The molecule has 2 aromatic rings. The van der Waals surface area contributed by atoms with Gasteiger partial charge in [0.2, 0.25) is 0 Å². The van der Waals surface area contributed by atoms with Crippen LogP contribution in [0, 0.1) is 0 Å². The van der Waals surface area contributed by atoms with Crippen molar-refractivity contribution in [1.29, 1.82) is 0 Å². The maximum Gasteiger partial charge on any atom is 0.158 e. The van der Waals surface area contributed by atoms with Crippen LogP contribution in [0.3, 0.4) is 0 Å². The zero-order chi connectivity index (χ0) is 10.3. The monoisotopic (exact) mass is 210 g/mol. The van der Waals surface area contributed by atoms with Crippen molar-refractivity contribution in [2.75, 3.05) is 0 Å². The molecule has 4 nitrogen and oxygen atoms in total. The largest absolute Gasteiger partial charge is 0.263 e. The Morgan fingerprint density at radius 2 is 2.07 bits per heavy atom. The summed E-state index contributed by atoms with van der Waals surface area (Å²) in [5, 5.41) is 4.56. The summed E-state index contributed by atoms with van der Waals surface area (Å²) in [4.78, 5) is 8.60. The average molecular weight is 211 g/mol. The minimum atomic E-state index is 0.275. The van der Waals surface area contributed by atoms with Crippen LogP contribution in [0.1, 0.15) is 25.6 Å². The van der Waals surface area contributed by atoms with Gasteiger partial charge in [-0.3, -0.25) is 4.68 Å². The van der Waals surface area contributed by atoms with E-state index < -0.39 is 0 Å². The molecule has 5 heteroatoms. The molecule has 0 saturated carbocycles. The molecule has 0 aliphatic carbocycles. The van der Waals surface area contributed by atoms with Crippen molar-refractivity contribution in [3.05, 3.63) is 17.2 Å². The van der Waals surface area contributed by atoms with Gasteiger partial charge in [-0.2, -0.15) is 5.10 Å². The maximum atomic E-state index is 6.04. The minimum Gasteiger partial charge on any atom is -0.263 e. The zero-order valence-electron chi connectivity index (χ0n) is 8.32. The fourth-order valence-electron chi connectivity index (χ4n) is 1.31. The Morgan fingerprint density at radius 3 is 2.71 bits per heavy atom. The highest BCUT2D eigenvalue weighted by atomic mass is 35.5. The van der Waals surface area contributed by atoms with Gasteiger partial charge in [0.05, 0.1) is 6.20 Å². The summed E-state index contributed by atoms with van der Waals surface area (Å²) in [6.07, 6.45) is 1.70. The van der Waals surface area contributed by atoms with Crippen LogP contribution >= 0.6 is 11.6 Å². The number of nitrogens with zero attached hydrogens (tertiary/aromatic N) is 4. The van der Waals surface area contributed by atoms with Crippen LogP contribution in [-0.2, 0) is 7.05 Å². The van der Waals surface area contributed by atoms with Crippen LogP contribution < -0.4 is 0 Å². The highest BCUT2D eigenvalue weighted by Crippen LogP contribution is 2.21. The first kappa shape index (κ1) is 9.40. The highest BCUT2D eigenvalue weighted by Gasteiger charge is 2.11. The van der Waals surface area contributed by atoms with Crippen molar-refractivity contribution in [2.24, 2.45) is 7.05 Å². The molecular weight excluding hydrogens is 200 g/mol. The third kappa shape index (κ3) is 1.35. The molecule has 0 aliphatic rings. The van der Waals surface area contributed by atoms with Crippen molar-refractivity contribution in [3.63, 3.8) is 0 Å². The fourth-order valence-corrected chi connectivity index (χ4v) is 1.61. The minimum absolute atomic E-state index is 0.275. The Bertz CT molecular complexity index is 475. The molecule has 0 saturated heterocycles. The van der Waals surface area contributed by atoms with E-state index in [0.717, 1.165) is 16.9 Å². The first-order chi connectivity index (χ1) is 6.59. The second-order valence-electron chi connectivity index (χ2n) is 3.53. The van der Waals surface area contributed by atoms with Crippen molar-refractivity contribution in [1.82, 2.24) is 19.7 Å². The van der Waals surface area contributed by atoms with Crippen LogP contribution in [0.5, 0.6) is 0 Å². The molecule has 0 bridgehead atoms. The van der Waals surface area contributed by atoms with Gasteiger partial charge in [0.1, 0.15) is 16.9 Å². The average Bonchev–Trinajstić information content (AvgIpc) is 2.48. The normalized spacial score (nSPS) is 11.5. The lowest BCUT2D eigenvalue weighted by Gasteiger charge is -2.04. The first-order valence-corrected chi connectivity index (χ1v) is 4.82. The summed E-state index contributed by atoms with van der Waals surface area (Å²) in [6, 6.07) is 0. The molecule has 0 atom stereocenters. The van der Waals surface area contributed by atoms with E-state index in [-0.39, 0.29) is 5.92 Å². The van der Waals surface area contributed by atoms with E-state index in [2.05, 4.69) is 15.1 Å². The fraction of sp³-hybridized carbons (Fsp3) is 0.444. The van der Waals surface area contributed by atoms with Gasteiger partial charge in [0.15, 0.2) is 5.15 Å². The summed E-state index contributed by atoms with van der Waals surface area (Å²) in [7, 11) is 1.83. The zero-order valence-corrected chi connectivity index (χ0v) is 9.08. The van der Waals surface area contributed by atoms with Crippen LogP contribution in [0.4, 0.5) is 0 Å². The van der Waals surface area contributed by atoms with Crippen LogP contribution in [0.25, 0.3) is 11.0 Å². The Morgan fingerprint density at radius 1 is 1.36 bits per heavy atom. The highest BCUT2D eigenvalue weighted by molar-refractivity contribution is 6.33. The molecule has 0 fully saturated rings. The quantitative estimate of drug-likeness (QED) is 0.678. The summed E-state index contributed by atoms with van der Waals surface area (Å²) in [6.45, 7) is 4.07.